The number of hydrogen-bond acceptors (Lipinski definition) is 4. The van der Waals surface area contributed by atoms with E-state index in [1.54, 1.807) is 18.2 Å². The van der Waals surface area contributed by atoms with Crippen molar-refractivity contribution in [1.82, 2.24) is 0 Å². The standard InChI is InChI=1S/C17H15NO3/c1-20-17(19)11-6-7-16-14(10-11)12(8-9-21-16)13-4-2-3-5-15(13)18/h2-8,10H,9,18H2,1H3. The molecule has 0 aromatic heterocycles. The highest BCUT2D eigenvalue weighted by Crippen LogP contribution is 2.36. The monoisotopic (exact) mass is 281 g/mol. The van der Waals surface area contributed by atoms with Gasteiger partial charge in [0.25, 0.3) is 0 Å². The van der Waals surface area contributed by atoms with Crippen molar-refractivity contribution in [2.24, 2.45) is 0 Å². The minimum absolute atomic E-state index is 0.372. The Morgan fingerprint density at radius 2 is 2.00 bits per heavy atom. The van der Waals surface area contributed by atoms with Crippen molar-refractivity contribution >= 4 is 17.2 Å². The molecule has 0 amide bonds. The Kier molecular flexibility index (Phi) is 3.36. The summed E-state index contributed by atoms with van der Waals surface area (Å²) in [4.78, 5) is 11.7. The summed E-state index contributed by atoms with van der Waals surface area (Å²) in [7, 11) is 1.37. The molecule has 0 aliphatic carbocycles. The zero-order valence-electron chi connectivity index (χ0n) is 11.6. The lowest BCUT2D eigenvalue weighted by Gasteiger charge is -2.20. The molecule has 1 heterocycles. The van der Waals surface area contributed by atoms with E-state index in [1.807, 2.05) is 30.3 Å². The van der Waals surface area contributed by atoms with E-state index >= 15 is 0 Å². The van der Waals surface area contributed by atoms with Crippen molar-refractivity contribution in [3.63, 3.8) is 0 Å². The van der Waals surface area contributed by atoms with Crippen LogP contribution in [0.25, 0.3) is 5.57 Å². The van der Waals surface area contributed by atoms with Gasteiger partial charge in [-0.3, -0.25) is 0 Å². The Morgan fingerprint density at radius 1 is 1.19 bits per heavy atom. The van der Waals surface area contributed by atoms with Crippen molar-refractivity contribution < 1.29 is 14.3 Å². The zero-order chi connectivity index (χ0) is 14.8. The molecule has 0 radical (unpaired) electrons. The van der Waals surface area contributed by atoms with Crippen LogP contribution in [0.15, 0.2) is 48.5 Å². The third-order valence-electron chi connectivity index (χ3n) is 3.47. The lowest BCUT2D eigenvalue weighted by atomic mass is 9.93. The smallest absolute Gasteiger partial charge is 0.337 e. The molecule has 4 heteroatoms. The molecule has 2 aromatic carbocycles. The lowest BCUT2D eigenvalue weighted by molar-refractivity contribution is 0.0600. The van der Waals surface area contributed by atoms with Gasteiger partial charge in [0, 0.05) is 16.8 Å². The summed E-state index contributed by atoms with van der Waals surface area (Å²) in [6.07, 6.45) is 1.97. The molecule has 0 saturated carbocycles. The summed E-state index contributed by atoms with van der Waals surface area (Å²) >= 11 is 0. The third-order valence-corrected chi connectivity index (χ3v) is 3.47. The molecule has 2 N–H and O–H groups in total. The first-order valence-electron chi connectivity index (χ1n) is 6.61. The van der Waals surface area contributed by atoms with Crippen molar-refractivity contribution in [3.05, 3.63) is 65.2 Å². The number of nitrogen functional groups attached to an aromatic ring is 1. The molecule has 1 aliphatic heterocycles. The van der Waals surface area contributed by atoms with Crippen LogP contribution in [-0.4, -0.2) is 19.7 Å². The summed E-state index contributed by atoms with van der Waals surface area (Å²) < 4.78 is 10.4. The fourth-order valence-electron chi connectivity index (χ4n) is 2.43. The summed E-state index contributed by atoms with van der Waals surface area (Å²) in [5, 5.41) is 0. The largest absolute Gasteiger partial charge is 0.489 e. The van der Waals surface area contributed by atoms with Crippen LogP contribution in [0, 0.1) is 0 Å². The fourth-order valence-corrected chi connectivity index (χ4v) is 2.43. The first kappa shape index (κ1) is 13.2. The maximum absolute atomic E-state index is 11.7. The average molecular weight is 281 g/mol. The number of benzene rings is 2. The van der Waals surface area contributed by atoms with E-state index in [2.05, 4.69) is 0 Å². The number of methoxy groups -OCH3 is 1. The zero-order valence-corrected chi connectivity index (χ0v) is 11.6. The molecule has 0 fully saturated rings. The van der Waals surface area contributed by atoms with Crippen molar-refractivity contribution in [1.29, 1.82) is 0 Å². The molecule has 0 saturated heterocycles. The highest BCUT2D eigenvalue weighted by molar-refractivity contribution is 5.94. The topological polar surface area (TPSA) is 61.5 Å². The second-order valence-electron chi connectivity index (χ2n) is 4.72. The van der Waals surface area contributed by atoms with Crippen molar-refractivity contribution in [2.75, 3.05) is 19.5 Å². The number of esters is 1. The molecule has 0 atom stereocenters. The van der Waals surface area contributed by atoms with E-state index in [-0.39, 0.29) is 5.97 Å². The number of anilines is 1. The summed E-state index contributed by atoms with van der Waals surface area (Å²) in [6.45, 7) is 0.480. The number of fused-ring (bicyclic) bond motifs is 1. The van der Waals surface area contributed by atoms with Gasteiger partial charge in [-0.05, 0) is 35.9 Å². The quantitative estimate of drug-likeness (QED) is 0.679. The van der Waals surface area contributed by atoms with Crippen LogP contribution in [-0.2, 0) is 4.74 Å². The van der Waals surface area contributed by atoms with Gasteiger partial charge in [0.2, 0.25) is 0 Å². The van der Waals surface area contributed by atoms with Gasteiger partial charge >= 0.3 is 5.97 Å². The molecule has 0 bridgehead atoms. The Bertz CT molecular complexity index is 735. The normalized spacial score (nSPS) is 12.9. The molecule has 21 heavy (non-hydrogen) atoms. The van der Waals surface area contributed by atoms with Crippen LogP contribution in [0.5, 0.6) is 5.75 Å². The molecule has 106 valence electrons. The van der Waals surface area contributed by atoms with Gasteiger partial charge in [-0.25, -0.2) is 4.79 Å². The van der Waals surface area contributed by atoms with Gasteiger partial charge in [0.1, 0.15) is 12.4 Å². The van der Waals surface area contributed by atoms with Gasteiger partial charge in [-0.15, -0.1) is 0 Å². The number of carbonyl (C=O) groups is 1. The molecule has 3 rings (SSSR count). The van der Waals surface area contributed by atoms with Crippen LogP contribution >= 0.6 is 0 Å². The highest BCUT2D eigenvalue weighted by Gasteiger charge is 2.19. The number of nitrogens with two attached hydrogens (primary N) is 1. The number of carbonyl (C=O) groups excluding carboxylic acids is 1. The maximum Gasteiger partial charge on any atom is 0.337 e. The molecular formula is C17H15NO3. The fraction of sp³-hybridized carbons (Fsp3) is 0.118. The predicted octanol–water partition coefficient (Wildman–Crippen LogP) is 2.88. The van der Waals surface area contributed by atoms with E-state index in [1.165, 1.54) is 7.11 Å². The van der Waals surface area contributed by atoms with Crippen LogP contribution in [0.1, 0.15) is 21.5 Å². The van der Waals surface area contributed by atoms with Gasteiger partial charge < -0.3 is 15.2 Å². The maximum atomic E-state index is 11.7. The van der Waals surface area contributed by atoms with E-state index in [4.69, 9.17) is 15.2 Å². The second kappa shape index (κ2) is 5.32. The minimum Gasteiger partial charge on any atom is -0.489 e. The number of ether oxygens (including phenoxy) is 2. The van der Waals surface area contributed by atoms with Crippen LogP contribution in [0.3, 0.4) is 0 Å². The van der Waals surface area contributed by atoms with E-state index in [0.29, 0.717) is 17.9 Å². The SMILES string of the molecule is COC(=O)c1ccc2c(c1)C(c1ccccc1N)=CCO2. The molecule has 1 aliphatic rings. The number of hydrogen-bond donors (Lipinski definition) is 1. The summed E-state index contributed by atoms with van der Waals surface area (Å²) in [5.74, 6) is 0.368. The van der Waals surface area contributed by atoms with Gasteiger partial charge in [0.15, 0.2) is 0 Å². The summed E-state index contributed by atoms with van der Waals surface area (Å²) in [6, 6.07) is 12.9. The molecule has 2 aromatic rings. The van der Waals surface area contributed by atoms with E-state index in [9.17, 15) is 4.79 Å². The number of rotatable bonds is 2. The lowest BCUT2D eigenvalue weighted by Crippen LogP contribution is -2.09. The van der Waals surface area contributed by atoms with Gasteiger partial charge in [0.05, 0.1) is 12.7 Å². The predicted molar refractivity (Wildman–Crippen MR) is 81.2 cm³/mol. The van der Waals surface area contributed by atoms with Gasteiger partial charge in [-0.2, -0.15) is 0 Å². The van der Waals surface area contributed by atoms with Gasteiger partial charge in [-0.1, -0.05) is 18.2 Å². The molecule has 0 spiro atoms. The third kappa shape index (κ3) is 2.36. The first-order valence-corrected chi connectivity index (χ1v) is 6.61. The number of para-hydroxylation sites is 1. The minimum atomic E-state index is -0.372. The Balaban J connectivity index is 2.13. The first-order chi connectivity index (χ1) is 10.2. The Hall–Kier alpha value is -2.75. The van der Waals surface area contributed by atoms with Crippen molar-refractivity contribution in [2.45, 2.75) is 0 Å². The molecule has 0 unspecified atom stereocenters. The Labute approximate surface area is 122 Å². The Morgan fingerprint density at radius 3 is 2.76 bits per heavy atom. The summed E-state index contributed by atoms with van der Waals surface area (Å²) in [5.41, 5.74) is 10.00. The average Bonchev–Trinajstić information content (AvgIpc) is 2.53. The second-order valence-corrected chi connectivity index (χ2v) is 4.72. The molecular weight excluding hydrogens is 266 g/mol. The van der Waals surface area contributed by atoms with Crippen LogP contribution in [0.2, 0.25) is 0 Å². The molecule has 4 nitrogen and oxygen atoms in total. The van der Waals surface area contributed by atoms with E-state index in [0.717, 1.165) is 22.4 Å². The van der Waals surface area contributed by atoms with E-state index < -0.39 is 0 Å². The van der Waals surface area contributed by atoms with Crippen molar-refractivity contribution in [3.8, 4) is 5.75 Å². The van der Waals surface area contributed by atoms with Crippen LogP contribution in [0.4, 0.5) is 5.69 Å². The highest BCUT2D eigenvalue weighted by atomic mass is 16.5. The van der Waals surface area contributed by atoms with Crippen LogP contribution < -0.4 is 10.5 Å².